The second-order valence-corrected chi connectivity index (χ2v) is 8.20. The number of ether oxygens (including phenoxy) is 1. The Morgan fingerprint density at radius 2 is 1.75 bits per heavy atom. The summed E-state index contributed by atoms with van der Waals surface area (Å²) in [7, 11) is -3.47. The van der Waals surface area contributed by atoms with Crippen molar-refractivity contribution < 1.29 is 35.5 Å². The van der Waals surface area contributed by atoms with Crippen molar-refractivity contribution in [1.29, 1.82) is 0 Å². The van der Waals surface area contributed by atoms with Crippen LogP contribution in [0.3, 0.4) is 0 Å². The molecule has 2 aromatic rings. The minimum atomic E-state index is -3.47. The molecule has 3 rings (SSSR count). The monoisotopic (exact) mass is 417 g/mol. The number of aryl methyl sites for hydroxylation is 1. The second kappa shape index (κ2) is 7.42. The van der Waals surface area contributed by atoms with E-state index in [4.69, 9.17) is 0 Å². The third kappa shape index (κ3) is 3.82. The third-order valence-electron chi connectivity index (χ3n) is 4.30. The predicted octanol–water partition coefficient (Wildman–Crippen LogP) is 3.22. The van der Waals surface area contributed by atoms with Gasteiger partial charge in [0.2, 0.25) is 21.7 Å². The van der Waals surface area contributed by atoms with Gasteiger partial charge in [-0.15, -0.1) is 0 Å². The van der Waals surface area contributed by atoms with E-state index in [1.165, 1.54) is 22.5 Å². The van der Waals surface area contributed by atoms with Crippen molar-refractivity contribution in [2.75, 3.05) is 23.7 Å². The molecule has 1 aliphatic rings. The van der Waals surface area contributed by atoms with Crippen LogP contribution in [0.4, 0.5) is 23.2 Å². The Morgan fingerprint density at radius 3 is 2.36 bits per heavy atom. The lowest BCUT2D eigenvalue weighted by Crippen LogP contribution is -2.34. The fraction of sp³-hybridized carbons (Fsp3) is 0.278. The Kier molecular flexibility index (Phi) is 5.33. The fourth-order valence-electron chi connectivity index (χ4n) is 2.98. The first-order chi connectivity index (χ1) is 13.1. The van der Waals surface area contributed by atoms with Gasteiger partial charge in [-0.3, -0.25) is 9.10 Å². The van der Waals surface area contributed by atoms with Crippen molar-refractivity contribution in [3.8, 4) is 5.75 Å². The van der Waals surface area contributed by atoms with E-state index in [9.17, 15) is 30.8 Å². The molecule has 0 fully saturated rings. The SMILES string of the molecule is CS(=O)(=O)N1CCCc2cc(C(=O)COc3c(F)c(F)cc(F)c3F)ccc21. The minimum absolute atomic E-state index is 0.0381. The molecule has 10 heteroatoms. The highest BCUT2D eigenvalue weighted by Crippen LogP contribution is 2.30. The van der Waals surface area contributed by atoms with E-state index in [1.807, 2.05) is 0 Å². The Bertz CT molecular complexity index is 1030. The number of carbonyl (C=O) groups is 1. The van der Waals surface area contributed by atoms with Gasteiger partial charge in [0.1, 0.15) is 0 Å². The zero-order valence-electron chi connectivity index (χ0n) is 14.6. The summed E-state index contributed by atoms with van der Waals surface area (Å²) in [5.74, 6) is -8.76. The molecule has 0 aliphatic carbocycles. The summed E-state index contributed by atoms with van der Waals surface area (Å²) >= 11 is 0. The molecule has 0 amide bonds. The molecule has 150 valence electrons. The summed E-state index contributed by atoms with van der Waals surface area (Å²) in [6.07, 6.45) is 2.19. The lowest BCUT2D eigenvalue weighted by molar-refractivity contribution is 0.0913. The lowest BCUT2D eigenvalue weighted by atomic mass is 9.99. The first kappa shape index (κ1) is 20.1. The number of sulfonamides is 1. The summed E-state index contributed by atoms with van der Waals surface area (Å²) in [6, 6.07) is 4.33. The van der Waals surface area contributed by atoms with Gasteiger partial charge >= 0.3 is 0 Å². The molecule has 0 saturated heterocycles. The average Bonchev–Trinajstić information content (AvgIpc) is 2.64. The molecule has 1 heterocycles. The van der Waals surface area contributed by atoms with Crippen LogP contribution >= 0.6 is 0 Å². The van der Waals surface area contributed by atoms with Crippen LogP contribution in [0.2, 0.25) is 0 Å². The van der Waals surface area contributed by atoms with Crippen LogP contribution in [0.25, 0.3) is 0 Å². The topological polar surface area (TPSA) is 63.7 Å². The molecule has 0 atom stereocenters. The van der Waals surface area contributed by atoms with Gasteiger partial charge in [-0.05, 0) is 36.6 Å². The lowest BCUT2D eigenvalue weighted by Gasteiger charge is -2.29. The molecule has 0 aromatic heterocycles. The molecule has 0 N–H and O–H groups in total. The van der Waals surface area contributed by atoms with Gasteiger partial charge in [0, 0.05) is 18.2 Å². The summed E-state index contributed by atoms with van der Waals surface area (Å²) in [5.41, 5.74) is 1.19. The number of benzene rings is 2. The van der Waals surface area contributed by atoms with E-state index in [2.05, 4.69) is 4.74 Å². The van der Waals surface area contributed by atoms with Crippen molar-refractivity contribution in [2.24, 2.45) is 0 Å². The van der Waals surface area contributed by atoms with Gasteiger partial charge < -0.3 is 4.74 Å². The normalized spacial score (nSPS) is 14.0. The number of carbonyl (C=O) groups excluding carboxylic acids is 1. The predicted molar refractivity (Wildman–Crippen MR) is 93.1 cm³/mol. The maximum absolute atomic E-state index is 13.6. The average molecular weight is 417 g/mol. The number of fused-ring (bicyclic) bond motifs is 1. The molecular weight excluding hydrogens is 402 g/mol. The van der Waals surface area contributed by atoms with Gasteiger partial charge in [0.25, 0.3) is 0 Å². The van der Waals surface area contributed by atoms with Crippen LogP contribution in [0.1, 0.15) is 22.3 Å². The molecule has 0 saturated carbocycles. The van der Waals surface area contributed by atoms with E-state index in [0.29, 0.717) is 30.6 Å². The van der Waals surface area contributed by atoms with E-state index in [1.54, 1.807) is 0 Å². The van der Waals surface area contributed by atoms with Crippen LogP contribution < -0.4 is 9.04 Å². The van der Waals surface area contributed by atoms with Crippen LogP contribution in [0.15, 0.2) is 24.3 Å². The highest BCUT2D eigenvalue weighted by Gasteiger charge is 2.25. The number of Topliss-reactive ketones (excluding diaryl/α,β-unsaturated/α-hetero) is 1. The van der Waals surface area contributed by atoms with Crippen molar-refractivity contribution >= 4 is 21.5 Å². The smallest absolute Gasteiger partial charge is 0.232 e. The molecular formula is C18H15F4NO4S. The fourth-order valence-corrected chi connectivity index (χ4v) is 3.98. The van der Waals surface area contributed by atoms with Gasteiger partial charge in [-0.2, -0.15) is 8.78 Å². The summed E-state index contributed by atoms with van der Waals surface area (Å²) in [6.45, 7) is -0.531. The quantitative estimate of drug-likeness (QED) is 0.426. The van der Waals surface area contributed by atoms with Crippen LogP contribution in [0.5, 0.6) is 5.75 Å². The van der Waals surface area contributed by atoms with Gasteiger partial charge in [0.15, 0.2) is 29.8 Å². The highest BCUT2D eigenvalue weighted by atomic mass is 32.2. The maximum Gasteiger partial charge on any atom is 0.232 e. The molecule has 1 aliphatic heterocycles. The van der Waals surface area contributed by atoms with E-state index in [0.717, 1.165) is 6.26 Å². The number of nitrogens with zero attached hydrogens (tertiary/aromatic N) is 1. The standard InChI is InChI=1S/C18H15F4NO4S/c1-28(25,26)23-6-2-3-10-7-11(4-5-14(10)23)15(24)9-27-18-16(21)12(19)8-13(20)17(18)22/h4-5,7-8H,2-3,6,9H2,1H3. The van der Waals surface area contributed by atoms with Crippen LogP contribution in [0, 0.1) is 23.3 Å². The zero-order valence-corrected chi connectivity index (χ0v) is 15.5. The molecule has 28 heavy (non-hydrogen) atoms. The van der Waals surface area contributed by atoms with Crippen LogP contribution in [-0.2, 0) is 16.4 Å². The molecule has 5 nitrogen and oxygen atoms in total. The molecule has 0 radical (unpaired) electrons. The summed E-state index contributed by atoms with van der Waals surface area (Å²) < 4.78 is 83.2. The van der Waals surface area contributed by atoms with Gasteiger partial charge in [0.05, 0.1) is 11.9 Å². The number of hydrogen-bond donors (Lipinski definition) is 0. The van der Waals surface area contributed by atoms with Crippen molar-refractivity contribution in [2.45, 2.75) is 12.8 Å². The number of hydrogen-bond acceptors (Lipinski definition) is 4. The maximum atomic E-state index is 13.6. The van der Waals surface area contributed by atoms with Gasteiger partial charge in [-0.1, -0.05) is 0 Å². The van der Waals surface area contributed by atoms with Crippen molar-refractivity contribution in [1.82, 2.24) is 0 Å². The Hall–Kier alpha value is -2.62. The first-order valence-electron chi connectivity index (χ1n) is 8.19. The highest BCUT2D eigenvalue weighted by molar-refractivity contribution is 7.92. The zero-order chi connectivity index (χ0) is 20.6. The number of halogens is 4. The van der Waals surface area contributed by atoms with Crippen LogP contribution in [-0.4, -0.2) is 33.6 Å². The van der Waals surface area contributed by atoms with E-state index < -0.39 is 51.4 Å². The molecule has 2 aromatic carbocycles. The Labute approximate surface area is 158 Å². The summed E-state index contributed by atoms with van der Waals surface area (Å²) in [5, 5.41) is 0. The molecule has 0 unspecified atom stereocenters. The molecule has 0 spiro atoms. The Morgan fingerprint density at radius 1 is 1.11 bits per heavy atom. The van der Waals surface area contributed by atoms with E-state index in [-0.39, 0.29) is 11.6 Å². The first-order valence-corrected chi connectivity index (χ1v) is 10.0. The summed E-state index contributed by atoms with van der Waals surface area (Å²) in [4.78, 5) is 12.3. The largest absolute Gasteiger partial charge is 0.479 e. The van der Waals surface area contributed by atoms with Crippen molar-refractivity contribution in [3.05, 3.63) is 58.7 Å². The van der Waals surface area contributed by atoms with Gasteiger partial charge in [-0.25, -0.2) is 17.2 Å². The van der Waals surface area contributed by atoms with E-state index >= 15 is 0 Å². The molecule has 0 bridgehead atoms. The number of anilines is 1. The Balaban J connectivity index is 1.82. The second-order valence-electron chi connectivity index (χ2n) is 6.29. The third-order valence-corrected chi connectivity index (χ3v) is 5.48. The number of rotatable bonds is 5. The van der Waals surface area contributed by atoms with Crippen molar-refractivity contribution in [3.63, 3.8) is 0 Å². The minimum Gasteiger partial charge on any atom is -0.479 e. The number of ketones is 1.